The van der Waals surface area contributed by atoms with Crippen molar-refractivity contribution in [3.8, 4) is 5.75 Å². The Morgan fingerprint density at radius 3 is 2.76 bits per heavy atom. The molecule has 0 saturated carbocycles. The van der Waals surface area contributed by atoms with Gasteiger partial charge in [-0.15, -0.1) is 0 Å². The van der Waals surface area contributed by atoms with Crippen molar-refractivity contribution in [2.24, 2.45) is 7.05 Å². The minimum absolute atomic E-state index is 0. The summed E-state index contributed by atoms with van der Waals surface area (Å²) in [6.45, 7) is 0. The first-order valence-electron chi connectivity index (χ1n) is 4.35. The predicted molar refractivity (Wildman–Crippen MR) is 62.5 cm³/mol. The molecular formula is C9H8N3NaO4. The summed E-state index contributed by atoms with van der Waals surface area (Å²) < 4.78 is 1.03. The molecule has 0 unspecified atom stereocenters. The average Bonchev–Trinajstić information content (AvgIpc) is 2.26. The molecule has 0 aromatic carbocycles. The quantitative estimate of drug-likeness (QED) is 0.429. The molecule has 7 nitrogen and oxygen atoms in total. The van der Waals surface area contributed by atoms with Crippen molar-refractivity contribution >= 4 is 46.3 Å². The van der Waals surface area contributed by atoms with Gasteiger partial charge in [-0.2, -0.15) is 0 Å². The Kier molecular flexibility index (Phi) is 3.87. The molecule has 0 spiro atoms. The van der Waals surface area contributed by atoms with Gasteiger partial charge in [0.2, 0.25) is 5.75 Å². The molecule has 17 heavy (non-hydrogen) atoms. The van der Waals surface area contributed by atoms with Gasteiger partial charge in [0.05, 0.1) is 10.3 Å². The monoisotopic (exact) mass is 245 g/mol. The van der Waals surface area contributed by atoms with Crippen LogP contribution in [0.4, 0.5) is 5.69 Å². The van der Waals surface area contributed by atoms with Gasteiger partial charge < -0.3 is 5.11 Å². The van der Waals surface area contributed by atoms with Crippen LogP contribution in [0.3, 0.4) is 0 Å². The summed E-state index contributed by atoms with van der Waals surface area (Å²) in [6, 6.07) is 2.99. The second kappa shape index (κ2) is 4.82. The van der Waals surface area contributed by atoms with Crippen molar-refractivity contribution in [2.45, 2.75) is 0 Å². The average molecular weight is 245 g/mol. The zero-order valence-electron chi connectivity index (χ0n) is 8.25. The van der Waals surface area contributed by atoms with E-state index in [2.05, 4.69) is 4.98 Å². The van der Waals surface area contributed by atoms with Crippen LogP contribution in [0.25, 0.3) is 11.0 Å². The molecule has 0 bridgehead atoms. The maximum absolute atomic E-state index is 11.6. The summed E-state index contributed by atoms with van der Waals surface area (Å²) in [5.41, 5.74) is -1.51. The normalized spacial score (nSPS) is 9.94. The van der Waals surface area contributed by atoms with Crippen molar-refractivity contribution in [3.05, 3.63) is 38.8 Å². The summed E-state index contributed by atoms with van der Waals surface area (Å²) in [5.74, 6) is -0.642. The van der Waals surface area contributed by atoms with E-state index in [1.54, 1.807) is 0 Å². The van der Waals surface area contributed by atoms with E-state index in [1.807, 2.05) is 0 Å². The molecule has 2 heterocycles. The van der Waals surface area contributed by atoms with Gasteiger partial charge in [-0.05, 0) is 12.1 Å². The van der Waals surface area contributed by atoms with Crippen LogP contribution >= 0.6 is 0 Å². The summed E-state index contributed by atoms with van der Waals surface area (Å²) in [4.78, 5) is 25.2. The first kappa shape index (κ1) is 13.6. The molecule has 0 fully saturated rings. The van der Waals surface area contributed by atoms with Gasteiger partial charge in [0.15, 0.2) is 0 Å². The van der Waals surface area contributed by atoms with E-state index in [0.29, 0.717) is 0 Å². The van der Waals surface area contributed by atoms with Crippen LogP contribution in [0.1, 0.15) is 0 Å². The van der Waals surface area contributed by atoms with Crippen molar-refractivity contribution in [3.63, 3.8) is 0 Å². The van der Waals surface area contributed by atoms with Crippen molar-refractivity contribution in [1.82, 2.24) is 9.55 Å². The Hall–Kier alpha value is -1.44. The molecule has 1 N–H and O–H groups in total. The Bertz CT molecular complexity index is 652. The van der Waals surface area contributed by atoms with Gasteiger partial charge >= 0.3 is 40.8 Å². The summed E-state index contributed by atoms with van der Waals surface area (Å²) >= 11 is 0. The Morgan fingerprint density at radius 1 is 1.53 bits per heavy atom. The van der Waals surface area contributed by atoms with Gasteiger partial charge in [0, 0.05) is 13.2 Å². The molecule has 2 rings (SSSR count). The summed E-state index contributed by atoms with van der Waals surface area (Å²) in [7, 11) is 1.37. The topological polar surface area (TPSA) is 98.3 Å². The fourth-order valence-corrected chi connectivity index (χ4v) is 1.50. The Morgan fingerprint density at radius 2 is 2.18 bits per heavy atom. The molecule has 8 heteroatoms. The Labute approximate surface area is 117 Å². The third-order valence-corrected chi connectivity index (χ3v) is 2.27. The minimum atomic E-state index is -0.899. The molecule has 0 amide bonds. The van der Waals surface area contributed by atoms with Crippen LogP contribution in [-0.4, -0.2) is 49.1 Å². The standard InChI is InChI=1S/C9H7N3O4.Na.H/c1-11-8-5(3-2-4-10-8)7(13)6(9(11)14)12(15)16;;/h2-4,13H,1H3;;. The van der Waals surface area contributed by atoms with Crippen LogP contribution < -0.4 is 5.56 Å². The number of rotatable bonds is 1. The van der Waals surface area contributed by atoms with Crippen molar-refractivity contribution < 1.29 is 10.0 Å². The second-order valence-electron chi connectivity index (χ2n) is 3.19. The molecule has 2 aromatic heterocycles. The molecule has 0 saturated heterocycles. The molecule has 0 radical (unpaired) electrons. The third kappa shape index (κ3) is 2.04. The number of hydrogen-bond donors (Lipinski definition) is 1. The van der Waals surface area contributed by atoms with Gasteiger partial charge in [-0.3, -0.25) is 19.5 Å². The van der Waals surface area contributed by atoms with Crippen LogP contribution in [0.15, 0.2) is 23.1 Å². The zero-order chi connectivity index (χ0) is 11.9. The van der Waals surface area contributed by atoms with E-state index in [4.69, 9.17) is 0 Å². The third-order valence-electron chi connectivity index (χ3n) is 2.27. The summed E-state index contributed by atoms with van der Waals surface area (Å²) in [6.07, 6.45) is 1.44. The molecule has 0 aliphatic carbocycles. The summed E-state index contributed by atoms with van der Waals surface area (Å²) in [5, 5.41) is 20.5. The molecule has 84 valence electrons. The number of aromatic hydroxyl groups is 1. The van der Waals surface area contributed by atoms with Gasteiger partial charge in [-0.25, -0.2) is 4.98 Å². The zero-order valence-corrected chi connectivity index (χ0v) is 8.25. The molecule has 0 atom stereocenters. The fourth-order valence-electron chi connectivity index (χ4n) is 1.50. The number of aryl methyl sites for hydroxylation is 1. The van der Waals surface area contributed by atoms with E-state index in [-0.39, 0.29) is 40.6 Å². The van der Waals surface area contributed by atoms with E-state index in [9.17, 15) is 20.0 Å². The SMILES string of the molecule is Cn1c(=O)c([N+](=O)[O-])c(O)c2cccnc21.[NaH]. The van der Waals surface area contributed by atoms with E-state index in [0.717, 1.165) is 4.57 Å². The van der Waals surface area contributed by atoms with Crippen LogP contribution in [0.5, 0.6) is 5.75 Å². The first-order valence-corrected chi connectivity index (χ1v) is 4.35. The molecular weight excluding hydrogens is 237 g/mol. The van der Waals surface area contributed by atoms with Gasteiger partial charge in [0.25, 0.3) is 0 Å². The van der Waals surface area contributed by atoms with E-state index < -0.39 is 21.9 Å². The number of nitrogens with zero attached hydrogens (tertiary/aromatic N) is 3. The number of hydrogen-bond acceptors (Lipinski definition) is 5. The van der Waals surface area contributed by atoms with E-state index >= 15 is 0 Å². The van der Waals surface area contributed by atoms with Crippen LogP contribution in [0, 0.1) is 10.1 Å². The second-order valence-corrected chi connectivity index (χ2v) is 3.19. The predicted octanol–water partition coefficient (Wildman–Crippen LogP) is -0.101. The number of pyridine rings is 2. The molecule has 0 aliphatic rings. The van der Waals surface area contributed by atoms with Gasteiger partial charge in [-0.1, -0.05) is 0 Å². The first-order chi connectivity index (χ1) is 7.54. The van der Waals surface area contributed by atoms with Gasteiger partial charge in [0.1, 0.15) is 5.65 Å². The number of aromatic nitrogens is 2. The van der Waals surface area contributed by atoms with Crippen LogP contribution in [0.2, 0.25) is 0 Å². The fraction of sp³-hybridized carbons (Fsp3) is 0.111. The van der Waals surface area contributed by atoms with Crippen molar-refractivity contribution in [2.75, 3.05) is 0 Å². The maximum atomic E-state index is 11.6. The van der Waals surface area contributed by atoms with Crippen molar-refractivity contribution in [1.29, 1.82) is 0 Å². The van der Waals surface area contributed by atoms with Crippen LogP contribution in [-0.2, 0) is 7.05 Å². The van der Waals surface area contributed by atoms with E-state index in [1.165, 1.54) is 25.4 Å². The molecule has 0 aliphatic heterocycles. The Balaban J connectivity index is 0.00000144. The number of fused-ring (bicyclic) bond motifs is 1. The molecule has 2 aromatic rings. The number of nitro groups is 1.